The molecular formula is C18H18N4OS. The molecule has 0 aliphatic heterocycles. The fourth-order valence-electron chi connectivity index (χ4n) is 2.29. The number of pyridine rings is 1. The molecule has 0 unspecified atom stereocenters. The molecule has 5 nitrogen and oxygen atoms in total. The molecule has 0 aliphatic carbocycles. The predicted molar refractivity (Wildman–Crippen MR) is 97.6 cm³/mol. The molecule has 0 spiro atoms. The van der Waals surface area contributed by atoms with Gasteiger partial charge in [-0.25, -0.2) is 4.68 Å². The predicted octanol–water partition coefficient (Wildman–Crippen LogP) is 3.42. The molecule has 0 N–H and O–H groups in total. The van der Waals surface area contributed by atoms with E-state index in [2.05, 4.69) is 15.4 Å². The van der Waals surface area contributed by atoms with E-state index in [0.29, 0.717) is 0 Å². The molecule has 0 radical (unpaired) electrons. The van der Waals surface area contributed by atoms with Crippen molar-refractivity contribution < 1.29 is 4.74 Å². The summed E-state index contributed by atoms with van der Waals surface area (Å²) >= 11 is 1.56. The van der Waals surface area contributed by atoms with E-state index in [9.17, 15) is 0 Å². The summed E-state index contributed by atoms with van der Waals surface area (Å²) in [6.07, 6.45) is 3.56. The van der Waals surface area contributed by atoms with Crippen molar-refractivity contribution in [3.05, 3.63) is 64.5 Å². The summed E-state index contributed by atoms with van der Waals surface area (Å²) < 4.78 is 7.10. The maximum absolute atomic E-state index is 5.23. The molecule has 6 heteroatoms. The topological polar surface area (TPSA) is 51.8 Å². The zero-order valence-corrected chi connectivity index (χ0v) is 14.6. The van der Waals surface area contributed by atoms with Crippen LogP contribution in [0.15, 0.2) is 64.3 Å². The summed E-state index contributed by atoms with van der Waals surface area (Å²) in [6.45, 7) is 1.97. The summed E-state index contributed by atoms with van der Waals surface area (Å²) in [6, 6.07) is 11.8. The molecule has 0 fully saturated rings. The third-order valence-electron chi connectivity index (χ3n) is 3.59. The van der Waals surface area contributed by atoms with Gasteiger partial charge in [0, 0.05) is 35.9 Å². The summed E-state index contributed by atoms with van der Waals surface area (Å²) in [5, 5.41) is 6.82. The van der Waals surface area contributed by atoms with Gasteiger partial charge in [0.2, 0.25) is 4.80 Å². The van der Waals surface area contributed by atoms with Crippen molar-refractivity contribution in [3.8, 4) is 17.0 Å². The molecule has 3 rings (SSSR count). The van der Waals surface area contributed by atoms with E-state index in [1.165, 1.54) is 0 Å². The average molecular weight is 338 g/mol. The van der Waals surface area contributed by atoms with Crippen LogP contribution in [0.25, 0.3) is 11.3 Å². The van der Waals surface area contributed by atoms with Gasteiger partial charge in [-0.3, -0.25) is 9.98 Å². The quantitative estimate of drug-likeness (QED) is 0.685. The van der Waals surface area contributed by atoms with E-state index in [0.717, 1.165) is 33.1 Å². The zero-order chi connectivity index (χ0) is 16.9. The lowest BCUT2D eigenvalue weighted by Gasteiger charge is -2.07. The van der Waals surface area contributed by atoms with E-state index in [1.54, 1.807) is 31.7 Å². The summed E-state index contributed by atoms with van der Waals surface area (Å²) in [7, 11) is 3.43. The molecule has 24 heavy (non-hydrogen) atoms. The normalized spacial score (nSPS) is 12.5. The summed E-state index contributed by atoms with van der Waals surface area (Å²) in [4.78, 5) is 9.32. The van der Waals surface area contributed by atoms with E-state index in [-0.39, 0.29) is 0 Å². The highest BCUT2D eigenvalue weighted by Gasteiger charge is 2.08. The first-order valence-electron chi connectivity index (χ1n) is 7.46. The van der Waals surface area contributed by atoms with Crippen LogP contribution in [0.1, 0.15) is 12.5 Å². The van der Waals surface area contributed by atoms with E-state index < -0.39 is 0 Å². The average Bonchev–Trinajstić information content (AvgIpc) is 3.05. The first kappa shape index (κ1) is 16.1. The van der Waals surface area contributed by atoms with Gasteiger partial charge >= 0.3 is 0 Å². The molecule has 0 saturated heterocycles. The lowest BCUT2D eigenvalue weighted by atomic mass is 10.2. The SMILES string of the molecule is CN=c1scc(-c2ccc(OC)cc2)n1/N=C(/C)c1cccnc1. The van der Waals surface area contributed by atoms with Crippen LogP contribution in [0.3, 0.4) is 0 Å². The number of methoxy groups -OCH3 is 1. The lowest BCUT2D eigenvalue weighted by Crippen LogP contribution is -2.13. The van der Waals surface area contributed by atoms with Crippen LogP contribution in [0, 0.1) is 0 Å². The van der Waals surface area contributed by atoms with Crippen molar-refractivity contribution in [2.24, 2.45) is 10.1 Å². The Hall–Kier alpha value is -2.73. The Balaban J connectivity index is 2.08. The van der Waals surface area contributed by atoms with Crippen LogP contribution in [-0.4, -0.2) is 29.5 Å². The number of hydrogen-bond donors (Lipinski definition) is 0. The molecule has 1 aromatic carbocycles. The monoisotopic (exact) mass is 338 g/mol. The number of hydrogen-bond acceptors (Lipinski definition) is 5. The molecule has 0 bridgehead atoms. The second kappa shape index (κ2) is 7.23. The maximum Gasteiger partial charge on any atom is 0.205 e. The molecule has 0 aliphatic rings. The molecule has 122 valence electrons. The summed E-state index contributed by atoms with van der Waals surface area (Å²) in [5.74, 6) is 0.830. The Bertz CT molecular complexity index is 908. The minimum atomic E-state index is 0.830. The second-order valence-corrected chi connectivity index (χ2v) is 5.93. The molecule has 3 aromatic rings. The Labute approximate surface area is 144 Å². The van der Waals surface area contributed by atoms with Crippen LogP contribution in [0.2, 0.25) is 0 Å². The fourth-order valence-corrected chi connectivity index (χ4v) is 3.09. The molecule has 0 atom stereocenters. The van der Waals surface area contributed by atoms with Gasteiger partial charge in [0.1, 0.15) is 5.75 Å². The minimum Gasteiger partial charge on any atom is -0.497 e. The zero-order valence-electron chi connectivity index (χ0n) is 13.8. The van der Waals surface area contributed by atoms with Gasteiger partial charge in [-0.1, -0.05) is 6.07 Å². The van der Waals surface area contributed by atoms with Crippen LogP contribution < -0.4 is 9.54 Å². The van der Waals surface area contributed by atoms with Gasteiger partial charge in [0.15, 0.2) is 0 Å². The highest BCUT2D eigenvalue weighted by Crippen LogP contribution is 2.23. The molecular weight excluding hydrogens is 320 g/mol. The smallest absolute Gasteiger partial charge is 0.205 e. The Morgan fingerprint density at radius 3 is 2.62 bits per heavy atom. The first-order chi connectivity index (χ1) is 11.7. The first-order valence-corrected chi connectivity index (χ1v) is 8.34. The number of benzene rings is 1. The van der Waals surface area contributed by atoms with Crippen LogP contribution in [0.4, 0.5) is 0 Å². The third kappa shape index (κ3) is 3.28. The van der Waals surface area contributed by atoms with Crippen molar-refractivity contribution >= 4 is 17.0 Å². The highest BCUT2D eigenvalue weighted by atomic mass is 32.1. The van der Waals surface area contributed by atoms with Gasteiger partial charge in [-0.15, -0.1) is 11.3 Å². The lowest BCUT2D eigenvalue weighted by molar-refractivity contribution is 0.415. The minimum absolute atomic E-state index is 0.830. The van der Waals surface area contributed by atoms with Crippen molar-refractivity contribution in [1.82, 2.24) is 9.66 Å². The van der Waals surface area contributed by atoms with Gasteiger partial charge < -0.3 is 4.74 Å². The Kier molecular flexibility index (Phi) is 4.86. The Morgan fingerprint density at radius 1 is 1.21 bits per heavy atom. The van der Waals surface area contributed by atoms with Gasteiger partial charge in [-0.2, -0.15) is 5.10 Å². The number of ether oxygens (including phenoxy) is 1. The number of nitrogens with zero attached hydrogens (tertiary/aromatic N) is 4. The fraction of sp³-hybridized carbons (Fsp3) is 0.167. The van der Waals surface area contributed by atoms with Gasteiger partial charge in [0.25, 0.3) is 0 Å². The molecule has 0 amide bonds. The number of rotatable bonds is 4. The van der Waals surface area contributed by atoms with E-state index >= 15 is 0 Å². The third-order valence-corrected chi connectivity index (χ3v) is 4.50. The van der Waals surface area contributed by atoms with Gasteiger partial charge in [0.05, 0.1) is 18.5 Å². The van der Waals surface area contributed by atoms with Gasteiger partial charge in [-0.05, 0) is 37.3 Å². The molecule has 2 heterocycles. The second-order valence-electron chi connectivity index (χ2n) is 5.09. The van der Waals surface area contributed by atoms with Crippen molar-refractivity contribution in [1.29, 1.82) is 0 Å². The largest absolute Gasteiger partial charge is 0.497 e. The van der Waals surface area contributed by atoms with Crippen molar-refractivity contribution in [2.75, 3.05) is 14.2 Å². The standard InChI is InChI=1S/C18H18N4OS/c1-13(15-5-4-10-20-11-15)21-22-17(12-24-18(22)19-2)14-6-8-16(23-3)9-7-14/h4-12H,1-3H3/b19-18?,21-13-. The Morgan fingerprint density at radius 2 is 2.00 bits per heavy atom. The van der Waals surface area contributed by atoms with Crippen LogP contribution in [0.5, 0.6) is 5.75 Å². The van der Waals surface area contributed by atoms with Crippen molar-refractivity contribution in [2.45, 2.75) is 6.92 Å². The number of aromatic nitrogens is 2. The van der Waals surface area contributed by atoms with E-state index in [4.69, 9.17) is 9.84 Å². The maximum atomic E-state index is 5.23. The van der Waals surface area contributed by atoms with Crippen LogP contribution in [-0.2, 0) is 0 Å². The summed E-state index contributed by atoms with van der Waals surface area (Å²) in [5.41, 5.74) is 3.92. The van der Waals surface area contributed by atoms with Crippen molar-refractivity contribution in [3.63, 3.8) is 0 Å². The molecule has 0 saturated carbocycles. The number of thiazole rings is 1. The molecule has 2 aromatic heterocycles. The highest BCUT2D eigenvalue weighted by molar-refractivity contribution is 7.07. The van der Waals surface area contributed by atoms with E-state index in [1.807, 2.05) is 54.2 Å². The van der Waals surface area contributed by atoms with Crippen LogP contribution >= 0.6 is 11.3 Å².